The molecule has 5 rings (SSSR count). The zero-order chi connectivity index (χ0) is 26.6. The quantitative estimate of drug-likeness (QED) is 0.318. The van der Waals surface area contributed by atoms with Crippen molar-refractivity contribution in [3.05, 3.63) is 120 Å². The van der Waals surface area contributed by atoms with Gasteiger partial charge in [0.05, 0.1) is 23.4 Å². The number of nitrogens with zero attached hydrogens (tertiary/aromatic N) is 3. The molecule has 0 aliphatic heterocycles. The van der Waals surface area contributed by atoms with Crippen molar-refractivity contribution >= 4 is 22.7 Å². The minimum Gasteiger partial charge on any atom is -0.366 e. The fraction of sp³-hybridized carbons (Fsp3) is 0.103. The normalized spacial score (nSPS) is 11.8. The SMILES string of the molecule is NC(=O)c1cccc(-c2cccnc2[C@H](Cc2cc(F)cc(F)c2)NC(=O)Cn2ncc3ccccc32)c1. The molecule has 0 saturated carbocycles. The number of amides is 2. The first-order valence-electron chi connectivity index (χ1n) is 11.9. The van der Waals surface area contributed by atoms with E-state index < -0.39 is 23.6 Å². The third-order valence-corrected chi connectivity index (χ3v) is 6.17. The van der Waals surface area contributed by atoms with Gasteiger partial charge in [-0.2, -0.15) is 5.10 Å². The Bertz CT molecular complexity index is 1630. The van der Waals surface area contributed by atoms with Crippen LogP contribution in [0.15, 0.2) is 91.3 Å². The molecule has 5 aromatic rings. The number of fused-ring (bicyclic) bond motifs is 1. The summed E-state index contributed by atoms with van der Waals surface area (Å²) in [5.74, 6) is -2.38. The Morgan fingerprint density at radius 2 is 1.74 bits per heavy atom. The van der Waals surface area contributed by atoms with E-state index in [9.17, 15) is 18.4 Å². The van der Waals surface area contributed by atoms with E-state index in [2.05, 4.69) is 15.4 Å². The van der Waals surface area contributed by atoms with E-state index in [1.54, 1.807) is 53.5 Å². The van der Waals surface area contributed by atoms with Crippen LogP contribution >= 0.6 is 0 Å². The standard InChI is InChI=1S/C29H23F2N5O2/c30-22-11-18(12-23(31)15-22)13-25(35-27(37)17-36-26-9-2-1-5-21(26)16-34-36)28-24(8-4-10-33-28)19-6-3-7-20(14-19)29(32)38/h1-12,14-16,25H,13,17H2,(H2,32,38)(H,35,37)/t25-/m0/s1. The Hall–Kier alpha value is -4.92. The van der Waals surface area contributed by atoms with Crippen LogP contribution in [0, 0.1) is 11.6 Å². The lowest BCUT2D eigenvalue weighted by Crippen LogP contribution is -2.33. The minimum atomic E-state index is -0.751. The highest BCUT2D eigenvalue weighted by molar-refractivity contribution is 5.94. The number of benzene rings is 3. The lowest BCUT2D eigenvalue weighted by Gasteiger charge is -2.22. The first-order chi connectivity index (χ1) is 18.4. The van der Waals surface area contributed by atoms with Crippen LogP contribution in [0.1, 0.15) is 27.7 Å². The fourth-order valence-corrected chi connectivity index (χ4v) is 4.49. The molecule has 0 fully saturated rings. The molecule has 2 aromatic heterocycles. The van der Waals surface area contributed by atoms with Crippen LogP contribution in [-0.4, -0.2) is 26.6 Å². The van der Waals surface area contributed by atoms with E-state index in [4.69, 9.17) is 5.73 Å². The van der Waals surface area contributed by atoms with Crippen molar-refractivity contribution in [2.75, 3.05) is 0 Å². The van der Waals surface area contributed by atoms with Crippen LogP contribution in [0.2, 0.25) is 0 Å². The highest BCUT2D eigenvalue weighted by atomic mass is 19.1. The van der Waals surface area contributed by atoms with Gasteiger partial charge >= 0.3 is 0 Å². The number of hydrogen-bond acceptors (Lipinski definition) is 4. The van der Waals surface area contributed by atoms with E-state index in [1.165, 1.54) is 12.1 Å². The number of carbonyl (C=O) groups excluding carboxylic acids is 2. The van der Waals surface area contributed by atoms with Crippen LogP contribution < -0.4 is 11.1 Å². The van der Waals surface area contributed by atoms with Gasteiger partial charge in [0, 0.05) is 28.8 Å². The van der Waals surface area contributed by atoms with Gasteiger partial charge in [-0.05, 0) is 53.9 Å². The highest BCUT2D eigenvalue weighted by Crippen LogP contribution is 2.30. The van der Waals surface area contributed by atoms with Gasteiger partial charge in [0.25, 0.3) is 0 Å². The maximum absolute atomic E-state index is 14.0. The monoisotopic (exact) mass is 511 g/mol. The summed E-state index contributed by atoms with van der Waals surface area (Å²) < 4.78 is 29.6. The summed E-state index contributed by atoms with van der Waals surface area (Å²) in [4.78, 5) is 29.5. The highest BCUT2D eigenvalue weighted by Gasteiger charge is 2.22. The predicted molar refractivity (Wildman–Crippen MR) is 139 cm³/mol. The molecule has 2 amide bonds. The summed E-state index contributed by atoms with van der Waals surface area (Å²) >= 11 is 0. The Morgan fingerprint density at radius 3 is 2.53 bits per heavy atom. The van der Waals surface area contributed by atoms with E-state index in [0.717, 1.165) is 17.0 Å². The van der Waals surface area contributed by atoms with Crippen molar-refractivity contribution in [2.45, 2.75) is 19.0 Å². The van der Waals surface area contributed by atoms with Crippen molar-refractivity contribution < 1.29 is 18.4 Å². The average molecular weight is 512 g/mol. The Morgan fingerprint density at radius 1 is 0.947 bits per heavy atom. The first-order valence-corrected chi connectivity index (χ1v) is 11.9. The molecule has 0 unspecified atom stereocenters. The molecule has 0 aliphatic rings. The number of halogens is 2. The van der Waals surface area contributed by atoms with Gasteiger partial charge in [-0.1, -0.05) is 36.4 Å². The van der Waals surface area contributed by atoms with Crippen LogP contribution in [0.4, 0.5) is 8.78 Å². The zero-order valence-electron chi connectivity index (χ0n) is 20.1. The summed E-state index contributed by atoms with van der Waals surface area (Å²) in [5, 5.41) is 8.18. The number of aromatic nitrogens is 3. The van der Waals surface area contributed by atoms with Gasteiger partial charge in [0.1, 0.15) is 18.2 Å². The maximum atomic E-state index is 14.0. The number of primary amides is 1. The van der Waals surface area contributed by atoms with Crippen molar-refractivity contribution in [2.24, 2.45) is 5.73 Å². The summed E-state index contributed by atoms with van der Waals surface area (Å²) in [6.45, 7) is -0.0686. The molecule has 7 nitrogen and oxygen atoms in total. The number of para-hydroxylation sites is 1. The maximum Gasteiger partial charge on any atom is 0.248 e. The molecule has 3 N–H and O–H groups in total. The fourth-order valence-electron chi connectivity index (χ4n) is 4.49. The number of carbonyl (C=O) groups is 2. The number of nitrogens with two attached hydrogens (primary N) is 1. The topological polar surface area (TPSA) is 103 Å². The summed E-state index contributed by atoms with van der Waals surface area (Å²) in [7, 11) is 0. The van der Waals surface area contributed by atoms with E-state index in [-0.39, 0.29) is 18.9 Å². The second-order valence-electron chi connectivity index (χ2n) is 8.84. The Labute approximate surface area is 216 Å². The molecule has 1 atom stereocenters. The van der Waals surface area contributed by atoms with Gasteiger partial charge in [-0.25, -0.2) is 8.78 Å². The van der Waals surface area contributed by atoms with Gasteiger partial charge in [0.15, 0.2) is 0 Å². The summed E-state index contributed by atoms with van der Waals surface area (Å²) in [6, 6.07) is 20.3. The Balaban J connectivity index is 1.51. The molecular formula is C29H23F2N5O2. The zero-order valence-corrected chi connectivity index (χ0v) is 20.1. The third-order valence-electron chi connectivity index (χ3n) is 6.17. The summed E-state index contributed by atoms with van der Waals surface area (Å²) in [6.07, 6.45) is 3.32. The molecule has 38 heavy (non-hydrogen) atoms. The smallest absolute Gasteiger partial charge is 0.248 e. The average Bonchev–Trinajstić information content (AvgIpc) is 3.30. The van der Waals surface area contributed by atoms with Gasteiger partial charge < -0.3 is 11.1 Å². The summed E-state index contributed by atoms with van der Waals surface area (Å²) in [5.41, 5.74) is 8.70. The number of hydrogen-bond donors (Lipinski definition) is 2. The first kappa shape index (κ1) is 24.8. The molecular weight excluding hydrogens is 488 g/mol. The molecule has 2 heterocycles. The van der Waals surface area contributed by atoms with E-state index >= 15 is 0 Å². The van der Waals surface area contributed by atoms with E-state index in [0.29, 0.717) is 27.9 Å². The van der Waals surface area contributed by atoms with Crippen LogP contribution in [-0.2, 0) is 17.8 Å². The second kappa shape index (κ2) is 10.6. The third kappa shape index (κ3) is 5.41. The molecule has 190 valence electrons. The molecule has 0 aliphatic carbocycles. The van der Waals surface area contributed by atoms with Crippen LogP contribution in [0.3, 0.4) is 0 Å². The lowest BCUT2D eigenvalue weighted by atomic mass is 9.94. The van der Waals surface area contributed by atoms with Crippen molar-refractivity contribution in [1.29, 1.82) is 0 Å². The van der Waals surface area contributed by atoms with Crippen molar-refractivity contribution in [3.8, 4) is 11.1 Å². The molecule has 0 saturated heterocycles. The second-order valence-corrected chi connectivity index (χ2v) is 8.84. The van der Waals surface area contributed by atoms with E-state index in [1.807, 2.05) is 24.3 Å². The largest absolute Gasteiger partial charge is 0.366 e. The predicted octanol–water partition coefficient (Wildman–Crippen LogP) is 4.58. The number of pyridine rings is 1. The van der Waals surface area contributed by atoms with Crippen LogP contribution in [0.25, 0.3) is 22.0 Å². The van der Waals surface area contributed by atoms with Crippen molar-refractivity contribution in [1.82, 2.24) is 20.1 Å². The van der Waals surface area contributed by atoms with Crippen molar-refractivity contribution in [3.63, 3.8) is 0 Å². The van der Waals surface area contributed by atoms with Crippen LogP contribution in [0.5, 0.6) is 0 Å². The molecule has 9 heteroatoms. The number of nitrogens with one attached hydrogen (secondary N) is 1. The lowest BCUT2D eigenvalue weighted by molar-refractivity contribution is -0.122. The van der Waals surface area contributed by atoms with Gasteiger partial charge in [-0.3, -0.25) is 19.3 Å². The molecule has 0 radical (unpaired) electrons. The molecule has 0 bridgehead atoms. The molecule has 0 spiro atoms. The molecule has 3 aromatic carbocycles. The number of rotatable bonds is 8. The minimum absolute atomic E-state index is 0.0686. The van der Waals surface area contributed by atoms with Gasteiger partial charge in [-0.15, -0.1) is 0 Å². The Kier molecular flexibility index (Phi) is 6.90. The van der Waals surface area contributed by atoms with Gasteiger partial charge in [0.2, 0.25) is 11.8 Å².